The zero-order valence-electron chi connectivity index (χ0n) is 19.5. The van der Waals surface area contributed by atoms with Gasteiger partial charge in [-0.15, -0.1) is 22.7 Å². The Hall–Kier alpha value is -2.81. The molecule has 1 amide bonds. The molecular formula is C26H27NO5S2. The van der Waals surface area contributed by atoms with E-state index in [-0.39, 0.29) is 12.4 Å². The number of carbonyl (C=O) groups is 3. The molecule has 0 bridgehead atoms. The van der Waals surface area contributed by atoms with Gasteiger partial charge in [-0.3, -0.25) is 9.59 Å². The van der Waals surface area contributed by atoms with Gasteiger partial charge in [-0.25, -0.2) is 4.79 Å². The molecular weight excluding hydrogens is 470 g/mol. The highest BCUT2D eigenvalue weighted by Gasteiger charge is 2.58. The van der Waals surface area contributed by atoms with Gasteiger partial charge < -0.3 is 14.7 Å². The lowest BCUT2D eigenvalue weighted by molar-refractivity contribution is -0.151. The second-order valence-electron chi connectivity index (χ2n) is 8.63. The largest absolute Gasteiger partial charge is 0.480 e. The fraction of sp³-hybridized carbons (Fsp3) is 0.346. The first-order chi connectivity index (χ1) is 16.3. The van der Waals surface area contributed by atoms with Gasteiger partial charge in [0.25, 0.3) is 0 Å². The Morgan fingerprint density at radius 2 is 1.56 bits per heavy atom. The van der Waals surface area contributed by atoms with Crippen molar-refractivity contribution in [2.45, 2.75) is 38.8 Å². The molecule has 3 aromatic rings. The molecule has 0 spiro atoms. The number of likely N-dealkylation sites (tertiary alicyclic amines) is 1. The lowest BCUT2D eigenvalue weighted by Gasteiger charge is -2.30. The number of carboxylic acid groups (broad SMARTS) is 1. The maximum atomic E-state index is 14.2. The van der Waals surface area contributed by atoms with Crippen molar-refractivity contribution in [3.63, 3.8) is 0 Å². The van der Waals surface area contributed by atoms with E-state index in [1.54, 1.807) is 6.07 Å². The Balaban J connectivity index is 2.00. The zero-order chi connectivity index (χ0) is 24.6. The number of benzene rings is 1. The molecule has 34 heavy (non-hydrogen) atoms. The second-order valence-corrected chi connectivity index (χ2v) is 10.5. The maximum Gasteiger partial charge on any atom is 0.327 e. The molecule has 1 aliphatic heterocycles. The number of amides is 1. The van der Waals surface area contributed by atoms with Crippen molar-refractivity contribution in [1.29, 1.82) is 0 Å². The summed E-state index contributed by atoms with van der Waals surface area (Å²) >= 11 is 2.89. The smallest absolute Gasteiger partial charge is 0.327 e. The van der Waals surface area contributed by atoms with Crippen molar-refractivity contribution in [2.24, 2.45) is 5.92 Å². The van der Waals surface area contributed by atoms with Gasteiger partial charge in [-0.05, 0) is 60.4 Å². The van der Waals surface area contributed by atoms with Gasteiger partial charge in [-0.2, -0.15) is 0 Å². The van der Waals surface area contributed by atoms with Crippen molar-refractivity contribution >= 4 is 40.3 Å². The lowest BCUT2D eigenvalue weighted by Crippen LogP contribution is -2.45. The third-order valence-corrected chi connectivity index (χ3v) is 8.77. The molecule has 0 radical (unpaired) electrons. The standard InChI is InChI=1S/C26H27NO5S2/c1-14-7-5-6-8-17(14)23(29)19-20(24-15(2)9-11-33-24)22(26(30)31)27(18(28)13-32-4)21(19)25-16(3)10-12-34-25/h5-12,19-22H,13H2,1-4H3,(H,30,31). The average Bonchev–Trinajstić information content (AvgIpc) is 3.49. The first-order valence-corrected chi connectivity index (χ1v) is 12.7. The van der Waals surface area contributed by atoms with Gasteiger partial charge in [0.15, 0.2) is 5.78 Å². The minimum absolute atomic E-state index is 0.146. The van der Waals surface area contributed by atoms with Crippen LogP contribution in [0.1, 0.15) is 48.8 Å². The van der Waals surface area contributed by atoms with Crippen LogP contribution in [0.4, 0.5) is 0 Å². The van der Waals surface area contributed by atoms with Crippen molar-refractivity contribution in [1.82, 2.24) is 4.90 Å². The number of aryl methyl sites for hydroxylation is 3. The summed E-state index contributed by atoms with van der Waals surface area (Å²) in [6, 6.07) is 9.32. The number of Topliss-reactive ketones (excluding diaryl/α,β-unsaturated/α-hetero) is 1. The highest BCUT2D eigenvalue weighted by atomic mass is 32.1. The molecule has 1 aromatic carbocycles. The van der Waals surface area contributed by atoms with E-state index >= 15 is 0 Å². The first kappa shape index (κ1) is 24.3. The average molecular weight is 498 g/mol. The number of hydrogen-bond donors (Lipinski definition) is 1. The summed E-state index contributed by atoms with van der Waals surface area (Å²) in [5, 5.41) is 14.3. The van der Waals surface area contributed by atoms with Crippen molar-refractivity contribution < 1.29 is 24.2 Å². The van der Waals surface area contributed by atoms with Gasteiger partial charge in [-0.1, -0.05) is 24.3 Å². The number of carbonyl (C=O) groups excluding carboxylic acids is 2. The summed E-state index contributed by atoms with van der Waals surface area (Å²) < 4.78 is 5.13. The van der Waals surface area contributed by atoms with Gasteiger partial charge in [0.2, 0.25) is 5.91 Å². The number of methoxy groups -OCH3 is 1. The van der Waals surface area contributed by atoms with E-state index in [0.29, 0.717) is 5.56 Å². The third kappa shape index (κ3) is 4.10. The van der Waals surface area contributed by atoms with Crippen molar-refractivity contribution in [2.75, 3.05) is 13.7 Å². The highest BCUT2D eigenvalue weighted by Crippen LogP contribution is 2.54. The van der Waals surface area contributed by atoms with Crippen LogP contribution in [0.5, 0.6) is 0 Å². The molecule has 3 heterocycles. The van der Waals surface area contributed by atoms with E-state index in [9.17, 15) is 19.5 Å². The number of nitrogens with zero attached hydrogens (tertiary/aromatic N) is 1. The molecule has 4 unspecified atom stereocenters. The predicted molar refractivity (Wildman–Crippen MR) is 133 cm³/mol. The Kier molecular flexibility index (Phi) is 7.02. The van der Waals surface area contributed by atoms with Crippen LogP contribution >= 0.6 is 22.7 Å². The van der Waals surface area contributed by atoms with Crippen LogP contribution in [0.3, 0.4) is 0 Å². The molecule has 4 atom stereocenters. The maximum absolute atomic E-state index is 14.2. The summed E-state index contributed by atoms with van der Waals surface area (Å²) in [7, 11) is 1.41. The van der Waals surface area contributed by atoms with Crippen LogP contribution in [-0.4, -0.2) is 47.4 Å². The van der Waals surface area contributed by atoms with Crippen molar-refractivity contribution in [3.05, 3.63) is 79.2 Å². The van der Waals surface area contributed by atoms with Gasteiger partial charge >= 0.3 is 5.97 Å². The minimum Gasteiger partial charge on any atom is -0.480 e. The molecule has 1 N–H and O–H groups in total. The molecule has 4 rings (SSSR count). The summed E-state index contributed by atoms with van der Waals surface area (Å²) in [5.74, 6) is -3.14. The van der Waals surface area contributed by atoms with E-state index in [0.717, 1.165) is 26.4 Å². The molecule has 0 aliphatic carbocycles. The van der Waals surface area contributed by atoms with E-state index in [1.165, 1.54) is 34.7 Å². The van der Waals surface area contributed by atoms with E-state index in [2.05, 4.69) is 0 Å². The fourth-order valence-electron chi connectivity index (χ4n) is 5.04. The van der Waals surface area contributed by atoms with E-state index in [1.807, 2.05) is 61.9 Å². The number of thiophene rings is 2. The van der Waals surface area contributed by atoms with Crippen LogP contribution in [0, 0.1) is 26.7 Å². The quantitative estimate of drug-likeness (QED) is 0.465. The second kappa shape index (κ2) is 9.82. The molecule has 0 saturated carbocycles. The van der Waals surface area contributed by atoms with Crippen LogP contribution in [-0.2, 0) is 14.3 Å². The Morgan fingerprint density at radius 1 is 0.941 bits per heavy atom. The topological polar surface area (TPSA) is 83.9 Å². The minimum atomic E-state index is -1.19. The predicted octanol–water partition coefficient (Wildman–Crippen LogP) is 5.00. The molecule has 8 heteroatoms. The van der Waals surface area contributed by atoms with Crippen LogP contribution in [0.25, 0.3) is 0 Å². The van der Waals surface area contributed by atoms with Crippen LogP contribution < -0.4 is 0 Å². The molecule has 1 aliphatic rings. The van der Waals surface area contributed by atoms with Crippen molar-refractivity contribution in [3.8, 4) is 0 Å². The molecule has 178 valence electrons. The summed E-state index contributed by atoms with van der Waals surface area (Å²) in [6.45, 7) is 5.47. The Bertz CT molecular complexity index is 1230. The van der Waals surface area contributed by atoms with Gasteiger partial charge in [0.05, 0.1) is 12.0 Å². The number of hydrogen-bond acceptors (Lipinski definition) is 6. The van der Waals surface area contributed by atoms with E-state index in [4.69, 9.17) is 4.74 Å². The molecule has 2 aromatic heterocycles. The van der Waals surface area contributed by atoms with Gasteiger partial charge in [0.1, 0.15) is 12.6 Å². The zero-order valence-corrected chi connectivity index (χ0v) is 21.1. The van der Waals surface area contributed by atoms with Crippen LogP contribution in [0.2, 0.25) is 0 Å². The molecule has 1 fully saturated rings. The molecule has 6 nitrogen and oxygen atoms in total. The Labute approximate surface area is 206 Å². The normalized spacial score (nSPS) is 22.2. The number of ether oxygens (including phenoxy) is 1. The van der Waals surface area contributed by atoms with E-state index < -0.39 is 35.8 Å². The summed E-state index contributed by atoms with van der Waals surface area (Å²) in [6.07, 6.45) is 0. The summed E-state index contributed by atoms with van der Waals surface area (Å²) in [4.78, 5) is 43.5. The number of ketones is 1. The summed E-state index contributed by atoms with van der Waals surface area (Å²) in [5.41, 5.74) is 3.23. The number of rotatable bonds is 7. The third-order valence-electron chi connectivity index (χ3n) is 6.56. The van der Waals surface area contributed by atoms with Gasteiger partial charge in [0, 0.05) is 28.3 Å². The Morgan fingerprint density at radius 3 is 2.09 bits per heavy atom. The first-order valence-electron chi connectivity index (χ1n) is 11.0. The number of carboxylic acids is 1. The SMILES string of the molecule is COCC(=O)N1C(C(=O)O)C(c2sccc2C)C(C(=O)c2ccccc2C)C1c1sccc1C. The highest BCUT2D eigenvalue weighted by molar-refractivity contribution is 7.10. The monoisotopic (exact) mass is 497 g/mol. The molecule has 1 saturated heterocycles. The fourth-order valence-corrected chi connectivity index (χ4v) is 7.22. The number of aliphatic carboxylic acids is 1. The lowest BCUT2D eigenvalue weighted by atomic mass is 9.78. The van der Waals surface area contributed by atoms with Crippen LogP contribution in [0.15, 0.2) is 47.2 Å².